The van der Waals surface area contributed by atoms with Crippen molar-refractivity contribution in [3.8, 4) is 0 Å². The summed E-state index contributed by atoms with van der Waals surface area (Å²) < 4.78 is 0. The van der Waals surface area contributed by atoms with E-state index < -0.39 is 5.97 Å². The minimum absolute atomic E-state index is 0.0717. The first-order valence-corrected chi connectivity index (χ1v) is 7.31. The number of amides is 2. The van der Waals surface area contributed by atoms with E-state index in [4.69, 9.17) is 5.11 Å². The first-order chi connectivity index (χ1) is 9.91. The summed E-state index contributed by atoms with van der Waals surface area (Å²) in [7, 11) is 0. The van der Waals surface area contributed by atoms with Crippen molar-refractivity contribution in [2.24, 2.45) is 0 Å². The highest BCUT2D eigenvalue weighted by Gasteiger charge is 2.32. The molecule has 0 saturated heterocycles. The molecule has 2 rings (SSSR count). The zero-order valence-corrected chi connectivity index (χ0v) is 12.7. The van der Waals surface area contributed by atoms with Crippen LogP contribution in [-0.2, 0) is 11.2 Å². The minimum atomic E-state index is -0.991. The number of aryl methyl sites for hydroxylation is 1. The number of para-hydroxylation sites is 1. The Hall–Kier alpha value is -2.04. The van der Waals surface area contributed by atoms with E-state index in [1.807, 2.05) is 45.0 Å². The summed E-state index contributed by atoms with van der Waals surface area (Å²) in [5.74, 6) is -0.991. The van der Waals surface area contributed by atoms with Crippen LogP contribution < -0.4 is 4.90 Å². The largest absolute Gasteiger partial charge is 0.480 e. The lowest BCUT2D eigenvalue weighted by atomic mass is 9.97. The van der Waals surface area contributed by atoms with Gasteiger partial charge in [-0.25, -0.2) is 4.79 Å². The van der Waals surface area contributed by atoms with Crippen LogP contribution in [0, 0.1) is 0 Å². The van der Waals surface area contributed by atoms with Crippen molar-refractivity contribution in [2.75, 3.05) is 11.4 Å². The molecule has 5 heteroatoms. The van der Waals surface area contributed by atoms with Gasteiger partial charge in [0.05, 0.1) is 0 Å². The molecule has 1 unspecified atom stereocenters. The number of hydrogen-bond donors (Lipinski definition) is 1. The van der Waals surface area contributed by atoms with Crippen molar-refractivity contribution >= 4 is 17.7 Å². The highest BCUT2D eigenvalue weighted by Crippen LogP contribution is 2.31. The molecule has 1 aromatic rings. The van der Waals surface area contributed by atoms with E-state index in [1.54, 1.807) is 4.90 Å². The second-order valence-corrected chi connectivity index (χ2v) is 5.78. The molecule has 0 aliphatic carbocycles. The number of carboxylic acids is 1. The lowest BCUT2D eigenvalue weighted by Crippen LogP contribution is -2.53. The molecule has 0 aromatic heterocycles. The van der Waals surface area contributed by atoms with Crippen molar-refractivity contribution in [3.63, 3.8) is 0 Å². The summed E-state index contributed by atoms with van der Waals surface area (Å²) in [6.45, 7) is 5.40. The van der Waals surface area contributed by atoms with E-state index in [-0.39, 0.29) is 24.7 Å². The molecule has 1 N–H and O–H groups in total. The van der Waals surface area contributed by atoms with E-state index in [0.29, 0.717) is 0 Å². The Morgan fingerprint density at radius 3 is 2.67 bits per heavy atom. The summed E-state index contributed by atoms with van der Waals surface area (Å²) >= 11 is 0. The molecule has 21 heavy (non-hydrogen) atoms. The van der Waals surface area contributed by atoms with Crippen molar-refractivity contribution in [2.45, 2.75) is 45.7 Å². The zero-order chi connectivity index (χ0) is 15.6. The minimum Gasteiger partial charge on any atom is -0.480 e. The van der Waals surface area contributed by atoms with Crippen molar-refractivity contribution in [3.05, 3.63) is 29.8 Å². The Morgan fingerprint density at radius 1 is 1.38 bits per heavy atom. The van der Waals surface area contributed by atoms with Crippen molar-refractivity contribution < 1.29 is 14.7 Å². The fraction of sp³-hybridized carbons (Fsp3) is 0.500. The number of anilines is 1. The normalized spacial score (nSPS) is 17.5. The predicted octanol–water partition coefficient (Wildman–Crippen LogP) is 2.74. The van der Waals surface area contributed by atoms with E-state index in [1.165, 1.54) is 4.90 Å². The molecule has 1 aromatic carbocycles. The number of aliphatic carboxylic acids is 1. The Labute approximate surface area is 125 Å². The second kappa shape index (κ2) is 6.16. The predicted molar refractivity (Wildman–Crippen MR) is 81.6 cm³/mol. The molecule has 0 fully saturated rings. The standard InChI is InChI=1S/C16H22N2O3/c1-11(2)17(10-15(19)20)16(21)18-12(3)8-9-13-6-4-5-7-14(13)18/h4-7,11-12H,8-10H2,1-3H3,(H,19,20). The number of carbonyl (C=O) groups is 2. The van der Waals surface area contributed by atoms with Crippen LogP contribution in [0.2, 0.25) is 0 Å². The molecular weight excluding hydrogens is 268 g/mol. The fourth-order valence-electron chi connectivity index (χ4n) is 2.73. The van der Waals surface area contributed by atoms with E-state index >= 15 is 0 Å². The third-order valence-corrected chi connectivity index (χ3v) is 3.90. The molecule has 114 valence electrons. The maximum atomic E-state index is 12.8. The van der Waals surface area contributed by atoms with Crippen LogP contribution in [0.15, 0.2) is 24.3 Å². The molecule has 1 heterocycles. The molecule has 1 aliphatic rings. The van der Waals surface area contributed by atoms with Gasteiger partial charge in [-0.2, -0.15) is 0 Å². The maximum absolute atomic E-state index is 12.8. The summed E-state index contributed by atoms with van der Waals surface area (Å²) in [4.78, 5) is 27.0. The summed E-state index contributed by atoms with van der Waals surface area (Å²) in [6.07, 6.45) is 1.84. The van der Waals surface area contributed by atoms with E-state index in [9.17, 15) is 9.59 Å². The maximum Gasteiger partial charge on any atom is 0.325 e. The van der Waals surface area contributed by atoms with Crippen LogP contribution in [0.1, 0.15) is 32.8 Å². The van der Waals surface area contributed by atoms with Crippen molar-refractivity contribution in [1.29, 1.82) is 0 Å². The van der Waals surface area contributed by atoms with Crippen LogP contribution >= 0.6 is 0 Å². The SMILES string of the molecule is CC(C)N(CC(=O)O)C(=O)N1c2ccccc2CCC1C. The lowest BCUT2D eigenvalue weighted by Gasteiger charge is -2.39. The lowest BCUT2D eigenvalue weighted by molar-refractivity contribution is -0.138. The van der Waals surface area contributed by atoms with Gasteiger partial charge in [0.2, 0.25) is 0 Å². The molecule has 0 spiro atoms. The molecule has 2 amide bonds. The average Bonchev–Trinajstić information content (AvgIpc) is 2.43. The van der Waals surface area contributed by atoms with Gasteiger partial charge in [-0.15, -0.1) is 0 Å². The summed E-state index contributed by atoms with van der Waals surface area (Å²) in [5.41, 5.74) is 2.04. The fourth-order valence-corrected chi connectivity index (χ4v) is 2.73. The number of urea groups is 1. The van der Waals surface area contributed by atoms with Crippen molar-refractivity contribution in [1.82, 2.24) is 4.90 Å². The van der Waals surface area contributed by atoms with Gasteiger partial charge >= 0.3 is 12.0 Å². The monoisotopic (exact) mass is 290 g/mol. The topological polar surface area (TPSA) is 60.9 Å². The Morgan fingerprint density at radius 2 is 2.05 bits per heavy atom. The molecule has 0 radical (unpaired) electrons. The highest BCUT2D eigenvalue weighted by molar-refractivity contribution is 5.95. The quantitative estimate of drug-likeness (QED) is 0.931. The number of carboxylic acid groups (broad SMARTS) is 1. The number of hydrogen-bond acceptors (Lipinski definition) is 2. The van der Waals surface area contributed by atoms with E-state index in [0.717, 1.165) is 24.1 Å². The van der Waals surface area contributed by atoms with Crippen LogP contribution in [0.4, 0.5) is 10.5 Å². The number of rotatable bonds is 3. The Kier molecular flexibility index (Phi) is 4.50. The zero-order valence-electron chi connectivity index (χ0n) is 12.7. The van der Waals surface area contributed by atoms with Gasteiger partial charge < -0.3 is 10.0 Å². The molecule has 1 aliphatic heterocycles. The number of benzene rings is 1. The van der Waals surface area contributed by atoms with E-state index in [2.05, 4.69) is 0 Å². The third-order valence-electron chi connectivity index (χ3n) is 3.90. The smallest absolute Gasteiger partial charge is 0.325 e. The summed E-state index contributed by atoms with van der Waals surface area (Å²) in [5, 5.41) is 9.03. The van der Waals surface area contributed by atoms with Crippen LogP contribution in [0.3, 0.4) is 0 Å². The number of carbonyl (C=O) groups excluding carboxylic acids is 1. The van der Waals surface area contributed by atoms with Crippen LogP contribution in [0.25, 0.3) is 0 Å². The first kappa shape index (κ1) is 15.4. The molecule has 5 nitrogen and oxygen atoms in total. The van der Waals surface area contributed by atoms with Crippen LogP contribution in [0.5, 0.6) is 0 Å². The van der Waals surface area contributed by atoms with Gasteiger partial charge in [-0.3, -0.25) is 9.69 Å². The highest BCUT2D eigenvalue weighted by atomic mass is 16.4. The van der Waals surface area contributed by atoms with Gasteiger partial charge in [-0.1, -0.05) is 18.2 Å². The molecule has 0 saturated carbocycles. The molecule has 0 bridgehead atoms. The van der Waals surface area contributed by atoms with Gasteiger partial charge in [0.15, 0.2) is 0 Å². The third kappa shape index (κ3) is 3.17. The Bertz CT molecular complexity index is 542. The first-order valence-electron chi connectivity index (χ1n) is 7.31. The van der Waals surface area contributed by atoms with Gasteiger partial charge in [0.1, 0.15) is 6.54 Å². The van der Waals surface area contributed by atoms with Crippen LogP contribution in [-0.4, -0.2) is 40.6 Å². The molecule has 1 atom stereocenters. The van der Waals surface area contributed by atoms with Gasteiger partial charge in [0.25, 0.3) is 0 Å². The van der Waals surface area contributed by atoms with Gasteiger partial charge in [0, 0.05) is 17.8 Å². The number of nitrogens with zero attached hydrogens (tertiary/aromatic N) is 2. The van der Waals surface area contributed by atoms with Gasteiger partial charge in [-0.05, 0) is 45.2 Å². The molecular formula is C16H22N2O3. The second-order valence-electron chi connectivity index (χ2n) is 5.78. The number of fused-ring (bicyclic) bond motifs is 1. The summed E-state index contributed by atoms with van der Waals surface area (Å²) in [6, 6.07) is 7.52. The average molecular weight is 290 g/mol. The Balaban J connectivity index is 2.34.